The van der Waals surface area contributed by atoms with Gasteiger partial charge in [0, 0.05) is 7.11 Å². The van der Waals surface area contributed by atoms with E-state index >= 15 is 0 Å². The highest BCUT2D eigenvalue weighted by atomic mass is 17.5. The number of rotatable bonds is 2. The van der Waals surface area contributed by atoms with Gasteiger partial charge in [-0.3, -0.25) is 9.68 Å². The van der Waals surface area contributed by atoms with Crippen LogP contribution in [0.1, 0.15) is 14.9 Å². The summed E-state index contributed by atoms with van der Waals surface area (Å²) in [5.41, 5.74) is 12.9. The molecule has 26 heavy (non-hydrogen) atoms. The second-order valence-electron chi connectivity index (χ2n) is 1.85. The summed E-state index contributed by atoms with van der Waals surface area (Å²) in [4.78, 5) is 40.2. The Hall–Kier alpha value is -2.92. The van der Waals surface area contributed by atoms with Gasteiger partial charge in [0.1, 0.15) is 0 Å². The second kappa shape index (κ2) is 67.2. The van der Waals surface area contributed by atoms with Crippen molar-refractivity contribution in [2.24, 2.45) is 17.2 Å². The van der Waals surface area contributed by atoms with Crippen molar-refractivity contribution in [1.82, 2.24) is 12.3 Å². The van der Waals surface area contributed by atoms with Crippen molar-refractivity contribution >= 4 is 24.8 Å². The lowest BCUT2D eigenvalue weighted by atomic mass is 11.2. The van der Waals surface area contributed by atoms with Crippen LogP contribution >= 0.6 is 0 Å². The van der Waals surface area contributed by atoms with Crippen molar-refractivity contribution in [1.29, 1.82) is 0 Å². The van der Waals surface area contributed by atoms with Gasteiger partial charge in [0.05, 0.1) is 21.3 Å². The van der Waals surface area contributed by atoms with Gasteiger partial charge < -0.3 is 48.8 Å². The Bertz CT molecular complexity index is 260. The SMILES string of the molecule is C.C.CO.COC(=O)OC.COC(N)=O.N.N.NC(N)=O.O=COOO. The van der Waals surface area contributed by atoms with Crippen LogP contribution in [0.3, 0.4) is 0 Å². The van der Waals surface area contributed by atoms with Gasteiger partial charge in [0.2, 0.25) is 0 Å². The van der Waals surface area contributed by atoms with E-state index in [1.807, 2.05) is 0 Å². The number of nitrogens with two attached hydrogens (primary N) is 3. The molecule has 0 atom stereocenters. The van der Waals surface area contributed by atoms with Crippen LogP contribution in [0.25, 0.3) is 0 Å². The third-order valence-electron chi connectivity index (χ3n) is 0.617. The molecule has 0 spiro atoms. The van der Waals surface area contributed by atoms with Crippen LogP contribution in [-0.4, -0.2) is 63.6 Å². The number of hydrogen-bond acceptors (Lipinski definition) is 13. The van der Waals surface area contributed by atoms with E-state index in [0.29, 0.717) is 0 Å². The van der Waals surface area contributed by atoms with Crippen LogP contribution in [0.2, 0.25) is 0 Å². The van der Waals surface area contributed by atoms with E-state index in [1.165, 1.54) is 21.3 Å². The molecule has 16 nitrogen and oxygen atoms in total. The molecule has 0 aromatic heterocycles. The number of urea groups is 1. The first-order valence-electron chi connectivity index (χ1n) is 4.58. The minimum absolute atomic E-state index is 0. The summed E-state index contributed by atoms with van der Waals surface area (Å²) in [5.74, 6) is 0. The van der Waals surface area contributed by atoms with Crippen LogP contribution in [0, 0.1) is 0 Å². The molecule has 0 fully saturated rings. The molecule has 3 amide bonds. The third-order valence-corrected chi connectivity index (χ3v) is 0.617. The molecule has 0 aromatic rings. The van der Waals surface area contributed by atoms with E-state index in [2.05, 4.69) is 41.3 Å². The van der Waals surface area contributed by atoms with E-state index < -0.39 is 18.3 Å². The number of aliphatic hydroxyl groups is 1. The summed E-state index contributed by atoms with van der Waals surface area (Å²) in [7, 11) is 4.74. The molecule has 0 bridgehead atoms. The zero-order chi connectivity index (χ0) is 19.0. The first kappa shape index (κ1) is 56.8. The highest BCUT2D eigenvalue weighted by Gasteiger charge is 1.88. The summed E-state index contributed by atoms with van der Waals surface area (Å²) >= 11 is 0. The van der Waals surface area contributed by atoms with Crippen LogP contribution < -0.4 is 29.5 Å². The number of hydrogen-bond donors (Lipinski definition) is 7. The summed E-state index contributed by atoms with van der Waals surface area (Å²) in [6.07, 6.45) is -1.40. The molecule has 16 heteroatoms. The molecule has 0 aliphatic carbocycles. The van der Waals surface area contributed by atoms with Gasteiger partial charge in [-0.05, 0) is 5.04 Å². The van der Waals surface area contributed by atoms with Gasteiger partial charge >= 0.3 is 24.8 Å². The molecular weight excluding hydrogens is 366 g/mol. The number of ether oxygens (including phenoxy) is 3. The molecule has 0 saturated carbocycles. The highest BCUT2D eigenvalue weighted by molar-refractivity contribution is 5.69. The molecule has 0 heterocycles. The quantitative estimate of drug-likeness (QED) is 0.138. The Kier molecular flexibility index (Phi) is 147. The van der Waals surface area contributed by atoms with Gasteiger partial charge in [-0.1, -0.05) is 14.9 Å². The number of carbonyl (C=O) groups excluding carboxylic acids is 4. The van der Waals surface area contributed by atoms with Crippen LogP contribution in [0.15, 0.2) is 0 Å². The van der Waals surface area contributed by atoms with E-state index in [4.69, 9.17) is 20.0 Å². The van der Waals surface area contributed by atoms with Gasteiger partial charge in [-0.15, -0.1) is 0 Å². The molecule has 0 aromatic carbocycles. The Morgan fingerprint density at radius 3 is 1.08 bits per heavy atom. The van der Waals surface area contributed by atoms with Gasteiger partial charge in [0.15, 0.2) is 0 Å². The zero-order valence-electron chi connectivity index (χ0n) is 13.8. The average molecular weight is 401 g/mol. The molecule has 0 aliphatic heterocycles. The van der Waals surface area contributed by atoms with Gasteiger partial charge in [-0.25, -0.2) is 19.6 Å². The number of carbonyl (C=O) groups is 4. The van der Waals surface area contributed by atoms with E-state index in [-0.39, 0.29) is 33.6 Å². The predicted octanol–water partition coefficient (Wildman–Crippen LogP) is -0.0968. The monoisotopic (exact) mass is 401 g/mol. The first-order valence-corrected chi connectivity index (χ1v) is 4.58. The lowest BCUT2D eigenvalue weighted by Gasteiger charge is -1.89. The maximum atomic E-state index is 9.74. The van der Waals surface area contributed by atoms with Crippen molar-refractivity contribution < 1.29 is 53.7 Å². The van der Waals surface area contributed by atoms with Crippen molar-refractivity contribution in [2.75, 3.05) is 28.4 Å². The molecular formula is C10H35N5O11. The Morgan fingerprint density at radius 2 is 1.08 bits per heavy atom. The number of amides is 3. The number of primary amides is 3. The second-order valence-corrected chi connectivity index (χ2v) is 1.85. The fourth-order valence-corrected chi connectivity index (χ4v) is 0.101. The fraction of sp³-hybridized carbons (Fsp3) is 0.600. The van der Waals surface area contributed by atoms with Gasteiger partial charge in [-0.2, -0.15) is 0 Å². The maximum absolute atomic E-state index is 9.74. The van der Waals surface area contributed by atoms with E-state index in [0.717, 1.165) is 7.11 Å². The molecule has 0 unspecified atom stereocenters. The molecule has 166 valence electrons. The fourth-order valence-electron chi connectivity index (χ4n) is 0.101. The standard InChI is InChI=1S/C3H6O3.C2H5NO2.CH4N2O.CH2O4.CH4O.2CH4.2H3N/c1-5-3(4)6-2;1-5-2(3)4;2-1(3)4;2-1-4-5-3;1-2;;;;/h1-2H3;1H3,(H2,3,4);(H4,2,3,4);1,3H;2H,1H3;2*1H4;2*1H3. The predicted molar refractivity (Wildman–Crippen MR) is 92.3 cm³/mol. The van der Waals surface area contributed by atoms with Crippen molar-refractivity contribution in [2.45, 2.75) is 14.9 Å². The number of methoxy groups -OCH3 is 3. The lowest BCUT2D eigenvalue weighted by molar-refractivity contribution is -0.456. The minimum Gasteiger partial charge on any atom is -0.453 e. The Balaban J connectivity index is -0.0000000196. The average Bonchev–Trinajstić information content (AvgIpc) is 2.50. The minimum atomic E-state index is -0.833. The molecule has 14 N–H and O–H groups in total. The molecule has 0 rings (SSSR count). The topological polar surface area (TPSA) is 303 Å². The zero-order valence-corrected chi connectivity index (χ0v) is 13.8. The van der Waals surface area contributed by atoms with Crippen molar-refractivity contribution in [3.05, 3.63) is 0 Å². The molecule has 0 aliphatic rings. The molecule has 0 radical (unpaired) electrons. The maximum Gasteiger partial charge on any atom is 0.507 e. The van der Waals surface area contributed by atoms with Gasteiger partial charge in [0.25, 0.3) is 0 Å². The van der Waals surface area contributed by atoms with Crippen LogP contribution in [0.5, 0.6) is 0 Å². The summed E-state index contributed by atoms with van der Waals surface area (Å²) in [5, 5.41) is 16.9. The van der Waals surface area contributed by atoms with E-state index in [9.17, 15) is 9.59 Å². The Morgan fingerprint density at radius 1 is 0.846 bits per heavy atom. The number of aliphatic hydroxyl groups excluding tert-OH is 1. The first-order chi connectivity index (χ1) is 10.2. The summed E-state index contributed by atoms with van der Waals surface area (Å²) in [6, 6.07) is -0.833. The van der Waals surface area contributed by atoms with Crippen molar-refractivity contribution in [3.8, 4) is 0 Å². The molecule has 0 saturated heterocycles. The smallest absolute Gasteiger partial charge is 0.453 e. The van der Waals surface area contributed by atoms with Crippen LogP contribution in [-0.2, 0) is 28.9 Å². The van der Waals surface area contributed by atoms with E-state index in [1.54, 1.807) is 0 Å². The summed E-state index contributed by atoms with van der Waals surface area (Å²) in [6.45, 7) is -0.0417. The Labute approximate surface area is 152 Å². The normalized spacial score (nSPS) is 5.31. The largest absolute Gasteiger partial charge is 0.507 e. The highest BCUT2D eigenvalue weighted by Crippen LogP contribution is 1.72. The lowest BCUT2D eigenvalue weighted by Crippen LogP contribution is -2.18. The third kappa shape index (κ3) is 329. The van der Waals surface area contributed by atoms with Crippen molar-refractivity contribution in [3.63, 3.8) is 0 Å². The summed E-state index contributed by atoms with van der Waals surface area (Å²) < 4.78 is 12.0. The van der Waals surface area contributed by atoms with Crippen LogP contribution in [0.4, 0.5) is 14.4 Å².